The van der Waals surface area contributed by atoms with Crippen molar-refractivity contribution in [2.45, 2.75) is 26.7 Å². The summed E-state index contributed by atoms with van der Waals surface area (Å²) in [5, 5.41) is 0. The summed E-state index contributed by atoms with van der Waals surface area (Å²) in [6.07, 6.45) is 1.81. The fourth-order valence-corrected chi connectivity index (χ4v) is 1.65. The summed E-state index contributed by atoms with van der Waals surface area (Å²) < 4.78 is 19.8. The average molecular weight is 226 g/mol. The van der Waals surface area contributed by atoms with Crippen LogP contribution in [-0.2, 0) is 38.7 Å². The Kier molecular flexibility index (Phi) is 4.65. The van der Waals surface area contributed by atoms with Crippen molar-refractivity contribution in [2.75, 3.05) is 13.2 Å². The van der Waals surface area contributed by atoms with Crippen LogP contribution in [0.25, 0.3) is 0 Å². The molecule has 76 valence electrons. The van der Waals surface area contributed by atoms with Crippen molar-refractivity contribution in [1.29, 1.82) is 0 Å². The van der Waals surface area contributed by atoms with E-state index >= 15 is 0 Å². The maximum atomic E-state index is 10.8. The molecule has 0 unspecified atom stereocenters. The van der Waals surface area contributed by atoms with Crippen LogP contribution in [0.15, 0.2) is 0 Å². The van der Waals surface area contributed by atoms with Crippen molar-refractivity contribution in [1.82, 2.24) is 0 Å². The summed E-state index contributed by atoms with van der Waals surface area (Å²) >= 11 is -3.19. The molecule has 1 aliphatic rings. The van der Waals surface area contributed by atoms with E-state index in [9.17, 15) is 3.32 Å². The van der Waals surface area contributed by atoms with Gasteiger partial charge in [-0.15, -0.1) is 0 Å². The van der Waals surface area contributed by atoms with E-state index in [4.69, 9.17) is 9.78 Å². The first-order valence-electron chi connectivity index (χ1n) is 4.35. The fraction of sp³-hybridized carbons (Fsp3) is 1.00. The molecule has 0 aliphatic carbocycles. The molecule has 0 radical (unpaired) electrons. The Morgan fingerprint density at radius 1 is 1.15 bits per heavy atom. The van der Waals surface area contributed by atoms with E-state index in [2.05, 4.69) is 6.94 Å². The topological polar surface area (TPSA) is 54.0 Å². The second-order valence-corrected chi connectivity index (χ2v) is 4.45. The van der Waals surface area contributed by atoms with Gasteiger partial charge in [-0.2, -0.15) is 0 Å². The van der Waals surface area contributed by atoms with E-state index in [0.717, 1.165) is 12.8 Å². The second kappa shape index (κ2) is 5.29. The van der Waals surface area contributed by atoms with Gasteiger partial charge < -0.3 is 0 Å². The average Bonchev–Trinajstić information content (AvgIpc) is 2.12. The van der Waals surface area contributed by atoms with Gasteiger partial charge in [-0.3, -0.25) is 0 Å². The fourth-order valence-electron chi connectivity index (χ4n) is 1.12. The molecule has 13 heavy (non-hydrogen) atoms. The van der Waals surface area contributed by atoms with Crippen molar-refractivity contribution in [2.24, 2.45) is 5.41 Å². The first kappa shape index (κ1) is 11.4. The third-order valence-corrected chi connectivity index (χ3v) is 3.28. The first-order chi connectivity index (χ1) is 6.22. The predicted molar refractivity (Wildman–Crippen MR) is 37.8 cm³/mol. The molecule has 6 heteroatoms. The zero-order valence-corrected chi connectivity index (χ0v) is 9.43. The van der Waals surface area contributed by atoms with Gasteiger partial charge in [0.2, 0.25) is 0 Å². The minimum absolute atomic E-state index is 0.0843. The van der Waals surface area contributed by atoms with Gasteiger partial charge in [0.1, 0.15) is 0 Å². The standard InChI is InChI=1S/C7H16O4.O.Ti/c1-3-7(4-2,5-10-8)6-11-9;;/h8-9H,3-6H2,1-2H3;;/q;;+2/p-2. The number of hydrogen-bond donors (Lipinski definition) is 0. The van der Waals surface area contributed by atoms with Gasteiger partial charge in [0, 0.05) is 0 Å². The number of rotatable bonds is 2. The van der Waals surface area contributed by atoms with Crippen LogP contribution in [0, 0.1) is 5.41 Å². The molecule has 0 aromatic rings. The molecule has 0 N–H and O–H groups in total. The van der Waals surface area contributed by atoms with Crippen molar-refractivity contribution in [3.63, 3.8) is 0 Å². The van der Waals surface area contributed by atoms with Gasteiger partial charge in [0.05, 0.1) is 0 Å². The van der Waals surface area contributed by atoms with E-state index in [1.807, 2.05) is 13.8 Å². The van der Waals surface area contributed by atoms with E-state index < -0.39 is 18.6 Å². The molecule has 1 aliphatic heterocycles. The zero-order valence-electron chi connectivity index (χ0n) is 7.87. The summed E-state index contributed by atoms with van der Waals surface area (Å²) in [5.41, 5.74) is -0.0843. The van der Waals surface area contributed by atoms with Gasteiger partial charge in [-0.1, -0.05) is 0 Å². The zero-order chi connectivity index (χ0) is 9.73. The molecule has 0 atom stereocenters. The molecule has 1 heterocycles. The first-order valence-corrected chi connectivity index (χ1v) is 6.26. The SMILES string of the molecule is CCC1(CC)CO[O][Ti](=[O])[O]OC1. The Labute approximate surface area is 84.3 Å². The molecule has 1 fully saturated rings. The molecule has 1 rings (SSSR count). The van der Waals surface area contributed by atoms with Gasteiger partial charge >= 0.3 is 84.0 Å². The predicted octanol–water partition coefficient (Wildman–Crippen LogP) is 1.50. The van der Waals surface area contributed by atoms with Crippen LogP contribution in [0.2, 0.25) is 0 Å². The van der Waals surface area contributed by atoms with Gasteiger partial charge in [0.25, 0.3) is 0 Å². The van der Waals surface area contributed by atoms with Crippen LogP contribution in [0.5, 0.6) is 0 Å². The monoisotopic (exact) mass is 226 g/mol. The second-order valence-electron chi connectivity index (χ2n) is 3.15. The van der Waals surface area contributed by atoms with Crippen LogP contribution >= 0.6 is 0 Å². The maximum absolute atomic E-state index is 10.8. The molecule has 0 aromatic heterocycles. The van der Waals surface area contributed by atoms with Crippen molar-refractivity contribution < 1.29 is 38.7 Å². The molecule has 1 saturated heterocycles. The van der Waals surface area contributed by atoms with E-state index in [1.54, 1.807) is 0 Å². The minimum atomic E-state index is -3.19. The van der Waals surface area contributed by atoms with Crippen LogP contribution in [-0.4, -0.2) is 13.2 Å². The molecule has 0 spiro atoms. The molecule has 0 bridgehead atoms. The van der Waals surface area contributed by atoms with Gasteiger partial charge in [-0.05, 0) is 0 Å². The molecule has 0 saturated carbocycles. The molecular formula is C7H14O5Ti. The summed E-state index contributed by atoms with van der Waals surface area (Å²) in [7, 11) is 0. The van der Waals surface area contributed by atoms with Crippen LogP contribution in [0.4, 0.5) is 0 Å². The van der Waals surface area contributed by atoms with Gasteiger partial charge in [-0.25, -0.2) is 0 Å². The summed E-state index contributed by atoms with van der Waals surface area (Å²) in [5.74, 6) is 0. The summed E-state index contributed by atoms with van der Waals surface area (Å²) in [6, 6.07) is 0. The van der Waals surface area contributed by atoms with Gasteiger partial charge in [0.15, 0.2) is 0 Å². The third kappa shape index (κ3) is 3.20. The Balaban J connectivity index is 2.52. The molecule has 0 amide bonds. The van der Waals surface area contributed by atoms with E-state index in [0.29, 0.717) is 13.2 Å². The molecule has 0 aromatic carbocycles. The van der Waals surface area contributed by atoms with E-state index in [-0.39, 0.29) is 5.41 Å². The van der Waals surface area contributed by atoms with Crippen LogP contribution in [0.3, 0.4) is 0 Å². The van der Waals surface area contributed by atoms with Crippen molar-refractivity contribution >= 4 is 0 Å². The Bertz CT molecular complexity index is 166. The molecular weight excluding hydrogens is 212 g/mol. The van der Waals surface area contributed by atoms with Crippen LogP contribution < -0.4 is 0 Å². The number of hydrogen-bond acceptors (Lipinski definition) is 5. The quantitative estimate of drug-likeness (QED) is 0.527. The third-order valence-electron chi connectivity index (χ3n) is 2.48. The van der Waals surface area contributed by atoms with E-state index in [1.165, 1.54) is 0 Å². The Hall–Kier alpha value is 0.354. The van der Waals surface area contributed by atoms with Crippen molar-refractivity contribution in [3.8, 4) is 0 Å². The Morgan fingerprint density at radius 2 is 1.62 bits per heavy atom. The Morgan fingerprint density at radius 3 is 2.00 bits per heavy atom. The van der Waals surface area contributed by atoms with Crippen LogP contribution in [0.1, 0.15) is 26.7 Å². The van der Waals surface area contributed by atoms with Crippen molar-refractivity contribution in [3.05, 3.63) is 0 Å². The normalized spacial score (nSPS) is 23.7. The molecule has 5 nitrogen and oxygen atoms in total. The summed E-state index contributed by atoms with van der Waals surface area (Å²) in [6.45, 7) is 4.91. The summed E-state index contributed by atoms with van der Waals surface area (Å²) in [4.78, 5) is 9.68.